The van der Waals surface area contributed by atoms with Crippen LogP contribution in [0.5, 0.6) is 0 Å². The van der Waals surface area contributed by atoms with E-state index >= 15 is 0 Å². The van der Waals surface area contributed by atoms with E-state index in [4.69, 9.17) is 0 Å². The number of thiophene rings is 1. The third kappa shape index (κ3) is 4.22. The Morgan fingerprint density at radius 3 is 2.16 bits per heavy atom. The zero-order valence-electron chi connectivity index (χ0n) is 13.2. The molecule has 2 heterocycles. The Bertz CT molecular complexity index is 795. The fourth-order valence-electron chi connectivity index (χ4n) is 2.72. The average molecular weight is 390 g/mol. The van der Waals surface area contributed by atoms with Crippen LogP contribution in [0.4, 0.5) is 13.2 Å². The van der Waals surface area contributed by atoms with Gasteiger partial charge in [0, 0.05) is 32.7 Å². The predicted octanol–water partition coefficient (Wildman–Crippen LogP) is 3.27. The number of hydrogen-bond acceptors (Lipinski definition) is 4. The van der Waals surface area contributed by atoms with E-state index in [1.165, 1.54) is 27.8 Å². The van der Waals surface area contributed by atoms with E-state index < -0.39 is 21.8 Å². The van der Waals surface area contributed by atoms with Gasteiger partial charge in [-0.25, -0.2) is 8.42 Å². The molecule has 25 heavy (non-hydrogen) atoms. The first-order valence-corrected chi connectivity index (χ1v) is 10.0. The van der Waals surface area contributed by atoms with Crippen molar-refractivity contribution in [1.29, 1.82) is 0 Å². The molecule has 1 fully saturated rings. The lowest BCUT2D eigenvalue weighted by Gasteiger charge is -2.33. The van der Waals surface area contributed by atoms with Crippen LogP contribution in [-0.4, -0.2) is 43.8 Å². The summed E-state index contributed by atoms with van der Waals surface area (Å²) in [6.45, 7) is 2.35. The second-order valence-corrected chi connectivity index (χ2v) is 8.92. The molecule has 1 aromatic heterocycles. The van der Waals surface area contributed by atoms with Crippen molar-refractivity contribution in [3.05, 3.63) is 52.9 Å². The third-order valence-electron chi connectivity index (χ3n) is 4.11. The van der Waals surface area contributed by atoms with Gasteiger partial charge in [-0.15, -0.1) is 11.3 Å². The lowest BCUT2D eigenvalue weighted by Crippen LogP contribution is -2.48. The van der Waals surface area contributed by atoms with Crippen LogP contribution in [0, 0.1) is 0 Å². The first-order chi connectivity index (χ1) is 11.8. The van der Waals surface area contributed by atoms with E-state index in [1.54, 1.807) is 17.5 Å². The standard InChI is InChI=1S/C16H17F3N2O2S2/c17-16(18,19)14-5-3-13(4-6-14)12-20-7-9-21(10-8-20)25(22,23)15-2-1-11-24-15/h1-6,11H,7-10,12H2. The van der Waals surface area contributed by atoms with Crippen LogP contribution < -0.4 is 0 Å². The Balaban J connectivity index is 1.58. The number of benzene rings is 1. The summed E-state index contributed by atoms with van der Waals surface area (Å²) in [7, 11) is -3.44. The molecule has 1 aromatic carbocycles. The quantitative estimate of drug-likeness (QED) is 0.805. The first kappa shape index (κ1) is 18.4. The molecule has 9 heteroatoms. The molecule has 0 N–H and O–H groups in total. The van der Waals surface area contributed by atoms with Crippen molar-refractivity contribution in [2.24, 2.45) is 0 Å². The highest BCUT2D eigenvalue weighted by molar-refractivity contribution is 7.91. The fraction of sp³-hybridized carbons (Fsp3) is 0.375. The predicted molar refractivity (Wildman–Crippen MR) is 89.8 cm³/mol. The summed E-state index contributed by atoms with van der Waals surface area (Å²) >= 11 is 1.20. The molecule has 4 nitrogen and oxygen atoms in total. The van der Waals surface area contributed by atoms with Gasteiger partial charge in [0.2, 0.25) is 0 Å². The molecular weight excluding hydrogens is 373 g/mol. The van der Waals surface area contributed by atoms with Gasteiger partial charge in [0.15, 0.2) is 0 Å². The van der Waals surface area contributed by atoms with E-state index in [0.717, 1.165) is 17.7 Å². The summed E-state index contributed by atoms with van der Waals surface area (Å²) in [5.41, 5.74) is 0.116. The van der Waals surface area contributed by atoms with Crippen molar-refractivity contribution in [2.75, 3.05) is 26.2 Å². The summed E-state index contributed by atoms with van der Waals surface area (Å²) < 4.78 is 64.4. The molecule has 0 atom stereocenters. The molecule has 0 radical (unpaired) electrons. The lowest BCUT2D eigenvalue weighted by atomic mass is 10.1. The van der Waals surface area contributed by atoms with Crippen LogP contribution in [0.2, 0.25) is 0 Å². The highest BCUT2D eigenvalue weighted by Crippen LogP contribution is 2.29. The molecule has 0 bridgehead atoms. The monoisotopic (exact) mass is 390 g/mol. The van der Waals surface area contributed by atoms with Gasteiger partial charge in [-0.2, -0.15) is 17.5 Å². The van der Waals surface area contributed by atoms with Gasteiger partial charge < -0.3 is 0 Å². The zero-order chi connectivity index (χ0) is 18.1. The second-order valence-electron chi connectivity index (χ2n) is 5.81. The maximum Gasteiger partial charge on any atom is 0.416 e. The summed E-state index contributed by atoms with van der Waals surface area (Å²) in [6, 6.07) is 8.39. The molecule has 0 saturated carbocycles. The zero-order valence-corrected chi connectivity index (χ0v) is 14.9. The van der Waals surface area contributed by atoms with Crippen molar-refractivity contribution in [2.45, 2.75) is 16.9 Å². The number of piperazine rings is 1. The molecular formula is C16H17F3N2O2S2. The number of rotatable bonds is 4. The molecule has 136 valence electrons. The highest BCUT2D eigenvalue weighted by Gasteiger charge is 2.31. The number of nitrogens with zero attached hydrogens (tertiary/aromatic N) is 2. The van der Waals surface area contributed by atoms with Gasteiger partial charge in [-0.05, 0) is 29.1 Å². The van der Waals surface area contributed by atoms with Crippen LogP contribution in [0.25, 0.3) is 0 Å². The van der Waals surface area contributed by atoms with Gasteiger partial charge in [0.05, 0.1) is 5.56 Å². The summed E-state index contributed by atoms with van der Waals surface area (Å²) in [6.07, 6.45) is -4.33. The minimum absolute atomic E-state index is 0.337. The number of halogens is 3. The molecule has 0 aliphatic carbocycles. The van der Waals surface area contributed by atoms with Crippen LogP contribution in [0.3, 0.4) is 0 Å². The topological polar surface area (TPSA) is 40.6 Å². The Hall–Kier alpha value is -1.42. The Morgan fingerprint density at radius 2 is 1.64 bits per heavy atom. The Morgan fingerprint density at radius 1 is 1.00 bits per heavy atom. The molecule has 1 aliphatic rings. The lowest BCUT2D eigenvalue weighted by molar-refractivity contribution is -0.137. The second kappa shape index (κ2) is 7.06. The van der Waals surface area contributed by atoms with Crippen molar-refractivity contribution in [3.63, 3.8) is 0 Å². The molecule has 1 aliphatic heterocycles. The number of alkyl halides is 3. The maximum absolute atomic E-state index is 12.6. The van der Waals surface area contributed by atoms with Crippen molar-refractivity contribution >= 4 is 21.4 Å². The van der Waals surface area contributed by atoms with Gasteiger partial charge >= 0.3 is 6.18 Å². The molecule has 3 rings (SSSR count). The van der Waals surface area contributed by atoms with Gasteiger partial charge in [-0.3, -0.25) is 4.90 Å². The third-order valence-corrected chi connectivity index (χ3v) is 7.38. The van der Waals surface area contributed by atoms with Crippen molar-refractivity contribution in [3.8, 4) is 0 Å². The van der Waals surface area contributed by atoms with E-state index in [1.807, 2.05) is 4.90 Å². The number of hydrogen-bond donors (Lipinski definition) is 0. The van der Waals surface area contributed by atoms with Gasteiger partial charge in [0.1, 0.15) is 4.21 Å². The average Bonchev–Trinajstić information content (AvgIpc) is 3.10. The summed E-state index contributed by atoms with van der Waals surface area (Å²) in [5, 5.41) is 1.73. The van der Waals surface area contributed by atoms with E-state index in [9.17, 15) is 21.6 Å². The van der Waals surface area contributed by atoms with Gasteiger partial charge in [0.25, 0.3) is 10.0 Å². The molecule has 0 spiro atoms. The Kier molecular flexibility index (Phi) is 5.19. The smallest absolute Gasteiger partial charge is 0.296 e. The number of sulfonamides is 1. The van der Waals surface area contributed by atoms with Crippen LogP contribution in [0.1, 0.15) is 11.1 Å². The molecule has 0 unspecified atom stereocenters. The molecule has 1 saturated heterocycles. The van der Waals surface area contributed by atoms with Crippen molar-refractivity contribution in [1.82, 2.24) is 9.21 Å². The minimum Gasteiger partial charge on any atom is -0.296 e. The van der Waals surface area contributed by atoms with Crippen LogP contribution in [-0.2, 0) is 22.7 Å². The largest absolute Gasteiger partial charge is 0.416 e. The van der Waals surface area contributed by atoms with Crippen LogP contribution >= 0.6 is 11.3 Å². The SMILES string of the molecule is O=S(=O)(c1cccs1)N1CCN(Cc2ccc(C(F)(F)F)cc2)CC1. The Labute approximate surface area is 148 Å². The summed E-state index contributed by atoms with van der Waals surface area (Å²) in [4.78, 5) is 2.04. The van der Waals surface area contributed by atoms with E-state index in [-0.39, 0.29) is 0 Å². The highest BCUT2D eigenvalue weighted by atomic mass is 32.2. The van der Waals surface area contributed by atoms with E-state index in [0.29, 0.717) is 36.9 Å². The van der Waals surface area contributed by atoms with Crippen LogP contribution in [0.15, 0.2) is 46.0 Å². The molecule has 2 aromatic rings. The minimum atomic E-state index is -4.33. The van der Waals surface area contributed by atoms with Crippen molar-refractivity contribution < 1.29 is 21.6 Å². The van der Waals surface area contributed by atoms with E-state index in [2.05, 4.69) is 0 Å². The normalized spacial score (nSPS) is 17.7. The molecule has 0 amide bonds. The maximum atomic E-state index is 12.6. The van der Waals surface area contributed by atoms with Gasteiger partial charge in [-0.1, -0.05) is 18.2 Å². The fourth-order valence-corrected chi connectivity index (χ4v) is 5.29. The first-order valence-electron chi connectivity index (χ1n) is 7.69. The summed E-state index contributed by atoms with van der Waals surface area (Å²) in [5.74, 6) is 0.